The van der Waals surface area contributed by atoms with Gasteiger partial charge in [0.25, 0.3) is 0 Å². The van der Waals surface area contributed by atoms with Crippen LogP contribution in [0.5, 0.6) is 0 Å². The lowest BCUT2D eigenvalue weighted by atomic mass is 10.2. The molecule has 1 aromatic rings. The number of hydrogen-bond acceptors (Lipinski definition) is 1. The summed E-state index contributed by atoms with van der Waals surface area (Å²) in [5, 5.41) is 0.743. The normalized spacial score (nSPS) is 10.4. The Labute approximate surface area is 88.8 Å². The zero-order valence-electron chi connectivity index (χ0n) is 8.01. The molecular weight excluding hydrogens is 203 g/mol. The molecule has 0 aliphatic heterocycles. The summed E-state index contributed by atoms with van der Waals surface area (Å²) >= 11 is 5.74. The molecule has 1 nitrogen and oxygen atoms in total. The quantitative estimate of drug-likeness (QED) is 0.664. The third kappa shape index (κ3) is 4.58. The molecule has 0 unspecified atom stereocenters. The molecule has 0 atom stereocenters. The Morgan fingerprint density at radius 1 is 1.14 bits per heavy atom. The molecule has 1 aromatic carbocycles. The molecule has 0 bridgehead atoms. The first-order chi connectivity index (χ1) is 6.83. The number of hydrogen-bond donors (Lipinski definition) is 0. The van der Waals surface area contributed by atoms with E-state index in [-0.39, 0.29) is 6.67 Å². The first-order valence-corrected chi connectivity index (χ1v) is 5.09. The van der Waals surface area contributed by atoms with Crippen LogP contribution in [0, 0.1) is 0 Å². The molecule has 78 valence electrons. The van der Waals surface area contributed by atoms with E-state index in [1.54, 1.807) is 0 Å². The van der Waals surface area contributed by atoms with E-state index in [1.807, 2.05) is 24.3 Å². The topological polar surface area (TPSA) is 9.23 Å². The maximum absolute atomic E-state index is 11.7. The average Bonchev–Trinajstić information content (AvgIpc) is 2.21. The van der Waals surface area contributed by atoms with Crippen LogP contribution in [0.3, 0.4) is 0 Å². The molecule has 0 heterocycles. The van der Waals surface area contributed by atoms with E-state index >= 15 is 0 Å². The third-order valence-electron chi connectivity index (χ3n) is 1.87. The van der Waals surface area contributed by atoms with Gasteiger partial charge in [0, 0.05) is 11.6 Å². The van der Waals surface area contributed by atoms with Crippen molar-refractivity contribution in [3.05, 3.63) is 34.9 Å². The number of ether oxygens (including phenoxy) is 1. The molecule has 0 N–H and O–H groups in total. The van der Waals surface area contributed by atoms with Crippen LogP contribution >= 0.6 is 11.6 Å². The van der Waals surface area contributed by atoms with Gasteiger partial charge in [0.1, 0.15) is 0 Å². The predicted octanol–water partition coefficient (Wildman–Crippen LogP) is 3.26. The highest BCUT2D eigenvalue weighted by Gasteiger charge is 1.93. The van der Waals surface area contributed by atoms with Crippen LogP contribution in [0.1, 0.15) is 12.0 Å². The summed E-state index contributed by atoms with van der Waals surface area (Å²) in [4.78, 5) is 0. The van der Waals surface area contributed by atoms with Crippen LogP contribution in [0.4, 0.5) is 4.39 Å². The summed E-state index contributed by atoms with van der Waals surface area (Å²) in [6.45, 7) is 0.840. The van der Waals surface area contributed by atoms with Gasteiger partial charge in [0.05, 0.1) is 13.3 Å². The SMILES string of the molecule is FCCCOCCc1ccc(Cl)cc1. The minimum absolute atomic E-state index is 0.305. The van der Waals surface area contributed by atoms with Crippen LogP contribution in [-0.2, 0) is 11.2 Å². The Morgan fingerprint density at radius 2 is 1.86 bits per heavy atom. The lowest BCUT2D eigenvalue weighted by Gasteiger charge is -2.02. The Balaban J connectivity index is 2.15. The Morgan fingerprint density at radius 3 is 2.50 bits per heavy atom. The van der Waals surface area contributed by atoms with Gasteiger partial charge >= 0.3 is 0 Å². The maximum Gasteiger partial charge on any atom is 0.0916 e. The lowest BCUT2D eigenvalue weighted by Crippen LogP contribution is -2.00. The highest BCUT2D eigenvalue weighted by Crippen LogP contribution is 2.09. The van der Waals surface area contributed by atoms with Crippen LogP contribution < -0.4 is 0 Å². The molecule has 0 aliphatic rings. The molecule has 0 saturated carbocycles. The van der Waals surface area contributed by atoms with Gasteiger partial charge in [-0.15, -0.1) is 0 Å². The van der Waals surface area contributed by atoms with E-state index in [9.17, 15) is 4.39 Å². The minimum Gasteiger partial charge on any atom is -0.381 e. The summed E-state index contributed by atoms with van der Waals surface area (Å²) in [6, 6.07) is 7.67. The number of halogens is 2. The summed E-state index contributed by atoms with van der Waals surface area (Å²) in [7, 11) is 0. The van der Waals surface area contributed by atoms with E-state index in [1.165, 1.54) is 5.56 Å². The van der Waals surface area contributed by atoms with E-state index < -0.39 is 0 Å². The fourth-order valence-corrected chi connectivity index (χ4v) is 1.23. The fraction of sp³-hybridized carbons (Fsp3) is 0.455. The zero-order chi connectivity index (χ0) is 10.2. The van der Waals surface area contributed by atoms with Crippen molar-refractivity contribution < 1.29 is 9.13 Å². The van der Waals surface area contributed by atoms with E-state index in [0.717, 1.165) is 11.4 Å². The molecule has 0 spiro atoms. The molecule has 0 saturated heterocycles. The summed E-state index contributed by atoms with van der Waals surface area (Å²) < 4.78 is 16.9. The van der Waals surface area contributed by atoms with Gasteiger partial charge in [-0.1, -0.05) is 23.7 Å². The lowest BCUT2D eigenvalue weighted by molar-refractivity contribution is 0.129. The summed E-state index contributed by atoms with van der Waals surface area (Å²) in [5.74, 6) is 0. The van der Waals surface area contributed by atoms with Crippen molar-refractivity contribution in [2.45, 2.75) is 12.8 Å². The first kappa shape index (κ1) is 11.5. The second kappa shape index (κ2) is 6.80. The highest BCUT2D eigenvalue weighted by molar-refractivity contribution is 6.30. The fourth-order valence-electron chi connectivity index (χ4n) is 1.10. The third-order valence-corrected chi connectivity index (χ3v) is 2.12. The zero-order valence-corrected chi connectivity index (χ0v) is 8.77. The van der Waals surface area contributed by atoms with E-state index in [2.05, 4.69) is 0 Å². The molecule has 1 rings (SSSR count). The van der Waals surface area contributed by atoms with Crippen molar-refractivity contribution in [2.75, 3.05) is 19.9 Å². The number of benzene rings is 1. The molecule has 0 radical (unpaired) electrons. The van der Waals surface area contributed by atoms with Gasteiger partial charge in [-0.25, -0.2) is 0 Å². The van der Waals surface area contributed by atoms with E-state index in [0.29, 0.717) is 19.6 Å². The van der Waals surface area contributed by atoms with Crippen molar-refractivity contribution in [3.63, 3.8) is 0 Å². The standard InChI is InChI=1S/C11H14ClFO/c12-11-4-2-10(3-5-11)6-9-14-8-1-7-13/h2-5H,1,6-9H2. The van der Waals surface area contributed by atoms with Crippen LogP contribution in [0.15, 0.2) is 24.3 Å². The molecule has 14 heavy (non-hydrogen) atoms. The predicted molar refractivity (Wildman–Crippen MR) is 56.6 cm³/mol. The highest BCUT2D eigenvalue weighted by atomic mass is 35.5. The van der Waals surface area contributed by atoms with Crippen molar-refractivity contribution in [2.24, 2.45) is 0 Å². The first-order valence-electron chi connectivity index (χ1n) is 4.71. The van der Waals surface area contributed by atoms with Crippen LogP contribution in [0.2, 0.25) is 5.02 Å². The monoisotopic (exact) mass is 216 g/mol. The van der Waals surface area contributed by atoms with Crippen molar-refractivity contribution >= 4 is 11.6 Å². The van der Waals surface area contributed by atoms with Gasteiger partial charge < -0.3 is 4.74 Å². The van der Waals surface area contributed by atoms with Gasteiger partial charge in [-0.3, -0.25) is 4.39 Å². The van der Waals surface area contributed by atoms with Crippen molar-refractivity contribution in [3.8, 4) is 0 Å². The van der Waals surface area contributed by atoms with Crippen molar-refractivity contribution in [1.29, 1.82) is 0 Å². The second-order valence-corrected chi connectivity index (χ2v) is 3.47. The Hall–Kier alpha value is -0.600. The number of alkyl halides is 1. The van der Waals surface area contributed by atoms with Gasteiger partial charge in [0.15, 0.2) is 0 Å². The molecule has 0 amide bonds. The van der Waals surface area contributed by atoms with Gasteiger partial charge in [-0.2, -0.15) is 0 Å². The molecule has 0 aromatic heterocycles. The second-order valence-electron chi connectivity index (χ2n) is 3.03. The minimum atomic E-state index is -0.305. The van der Waals surface area contributed by atoms with Crippen molar-refractivity contribution in [1.82, 2.24) is 0 Å². The van der Waals surface area contributed by atoms with E-state index in [4.69, 9.17) is 16.3 Å². The summed E-state index contributed by atoms with van der Waals surface area (Å²) in [5.41, 5.74) is 1.19. The van der Waals surface area contributed by atoms with Crippen LogP contribution in [0.25, 0.3) is 0 Å². The van der Waals surface area contributed by atoms with Gasteiger partial charge in [0.2, 0.25) is 0 Å². The molecule has 0 aliphatic carbocycles. The average molecular weight is 217 g/mol. The maximum atomic E-state index is 11.7. The van der Waals surface area contributed by atoms with Gasteiger partial charge in [-0.05, 0) is 30.5 Å². The number of rotatable bonds is 6. The Kier molecular flexibility index (Phi) is 5.57. The molecular formula is C11H14ClFO. The molecule has 3 heteroatoms. The smallest absolute Gasteiger partial charge is 0.0916 e. The Bertz CT molecular complexity index is 248. The van der Waals surface area contributed by atoms with Crippen LogP contribution in [-0.4, -0.2) is 19.9 Å². The molecule has 0 fully saturated rings. The largest absolute Gasteiger partial charge is 0.381 e. The summed E-state index contributed by atoms with van der Waals surface area (Å²) in [6.07, 6.45) is 1.34.